The van der Waals surface area contributed by atoms with Crippen LogP contribution in [-0.4, -0.2) is 20.0 Å². The number of amides is 1. The molecule has 0 saturated heterocycles. The van der Waals surface area contributed by atoms with Gasteiger partial charge in [-0.1, -0.05) is 30.3 Å². The van der Waals surface area contributed by atoms with Crippen LogP contribution < -0.4 is 14.8 Å². The first kappa shape index (κ1) is 15.0. The smallest absolute Gasteiger partial charge is 0.289 e. The lowest BCUT2D eigenvalue weighted by Gasteiger charge is -2.12. The van der Waals surface area contributed by atoms with E-state index in [4.69, 9.17) is 0 Å². The predicted molar refractivity (Wildman–Crippen MR) is 84.0 cm³/mol. The van der Waals surface area contributed by atoms with Crippen molar-refractivity contribution < 1.29 is 9.36 Å². The van der Waals surface area contributed by atoms with Gasteiger partial charge in [-0.2, -0.15) is 4.57 Å². The number of aromatic nitrogens is 1. The molecule has 0 aliphatic heterocycles. The summed E-state index contributed by atoms with van der Waals surface area (Å²) >= 11 is 0. The van der Waals surface area contributed by atoms with Crippen LogP contribution in [0.5, 0.6) is 0 Å². The van der Waals surface area contributed by atoms with Crippen LogP contribution in [0.15, 0.2) is 54.9 Å². The molecule has 4 heteroatoms. The molecule has 0 saturated carbocycles. The lowest BCUT2D eigenvalue weighted by atomic mass is 10.2. The van der Waals surface area contributed by atoms with E-state index in [1.54, 1.807) is 0 Å². The lowest BCUT2D eigenvalue weighted by molar-refractivity contribution is -0.706. The molecule has 0 unspecified atom stereocenters. The van der Waals surface area contributed by atoms with Crippen LogP contribution in [0, 0.1) is 0 Å². The van der Waals surface area contributed by atoms with Gasteiger partial charge in [0, 0.05) is 45.4 Å². The molecule has 0 aliphatic carbocycles. The highest BCUT2D eigenvalue weighted by atomic mass is 16.2. The van der Waals surface area contributed by atoms with Gasteiger partial charge < -0.3 is 10.2 Å². The fourth-order valence-electron chi connectivity index (χ4n) is 2.05. The highest BCUT2D eigenvalue weighted by Gasteiger charge is 2.21. The second-order valence-corrected chi connectivity index (χ2v) is 5.28. The zero-order valence-corrected chi connectivity index (χ0v) is 12.8. The molecule has 2 aromatic rings. The summed E-state index contributed by atoms with van der Waals surface area (Å²) in [6.45, 7) is 2.45. The van der Waals surface area contributed by atoms with Gasteiger partial charge in [-0.15, -0.1) is 0 Å². The fourth-order valence-corrected chi connectivity index (χ4v) is 2.05. The minimum Gasteiger partial charge on any atom is -0.377 e. The van der Waals surface area contributed by atoms with Gasteiger partial charge in [0.15, 0.2) is 12.4 Å². The normalized spacial score (nSPS) is 11.8. The third kappa shape index (κ3) is 4.05. The van der Waals surface area contributed by atoms with E-state index in [1.807, 2.05) is 85.3 Å². The summed E-state index contributed by atoms with van der Waals surface area (Å²) in [5, 5.41) is 2.96. The monoisotopic (exact) mass is 284 g/mol. The van der Waals surface area contributed by atoms with Crippen molar-refractivity contribution in [1.29, 1.82) is 0 Å². The molecule has 1 aromatic carbocycles. The molecule has 21 heavy (non-hydrogen) atoms. The highest BCUT2D eigenvalue weighted by Crippen LogP contribution is 2.07. The number of hydrogen-bond donors (Lipinski definition) is 1. The molecule has 1 N–H and O–H groups in total. The van der Waals surface area contributed by atoms with Crippen LogP contribution >= 0.6 is 0 Å². The van der Waals surface area contributed by atoms with Gasteiger partial charge in [-0.3, -0.25) is 4.79 Å². The first-order valence-corrected chi connectivity index (χ1v) is 7.07. The molecule has 0 bridgehead atoms. The molecule has 0 fully saturated rings. The quantitative estimate of drug-likeness (QED) is 0.852. The first-order chi connectivity index (χ1) is 10.1. The molecule has 0 spiro atoms. The molecule has 1 aromatic heterocycles. The number of pyridine rings is 1. The van der Waals surface area contributed by atoms with Crippen molar-refractivity contribution in [1.82, 2.24) is 5.32 Å². The van der Waals surface area contributed by atoms with Gasteiger partial charge in [0.2, 0.25) is 6.04 Å². The highest BCUT2D eigenvalue weighted by molar-refractivity contribution is 5.78. The zero-order chi connectivity index (χ0) is 15.2. The van der Waals surface area contributed by atoms with E-state index in [9.17, 15) is 4.79 Å². The second-order valence-electron chi connectivity index (χ2n) is 5.28. The maximum atomic E-state index is 12.2. The van der Waals surface area contributed by atoms with Crippen molar-refractivity contribution in [2.24, 2.45) is 0 Å². The third-order valence-electron chi connectivity index (χ3n) is 3.49. The van der Waals surface area contributed by atoms with Crippen molar-refractivity contribution in [2.75, 3.05) is 19.0 Å². The minimum atomic E-state index is -0.232. The number of hydrogen-bond acceptors (Lipinski definition) is 2. The number of anilines is 1. The van der Waals surface area contributed by atoms with Gasteiger partial charge >= 0.3 is 0 Å². The molecular weight excluding hydrogens is 262 g/mol. The Labute approximate surface area is 126 Å². The molecule has 1 amide bonds. The van der Waals surface area contributed by atoms with Gasteiger partial charge in [-0.25, -0.2) is 0 Å². The Morgan fingerprint density at radius 2 is 1.76 bits per heavy atom. The number of benzene rings is 1. The van der Waals surface area contributed by atoms with E-state index in [2.05, 4.69) is 5.32 Å². The van der Waals surface area contributed by atoms with E-state index in [-0.39, 0.29) is 11.9 Å². The van der Waals surface area contributed by atoms with Gasteiger partial charge in [-0.05, 0) is 5.56 Å². The molecule has 2 rings (SSSR count). The maximum absolute atomic E-state index is 12.2. The largest absolute Gasteiger partial charge is 0.377 e. The van der Waals surface area contributed by atoms with E-state index in [1.165, 1.54) is 0 Å². The Kier molecular flexibility index (Phi) is 4.93. The Morgan fingerprint density at radius 1 is 1.14 bits per heavy atom. The van der Waals surface area contributed by atoms with Crippen molar-refractivity contribution in [3.63, 3.8) is 0 Å². The van der Waals surface area contributed by atoms with E-state index in [0.29, 0.717) is 6.54 Å². The van der Waals surface area contributed by atoms with Gasteiger partial charge in [0.05, 0.1) is 0 Å². The number of rotatable bonds is 5. The molecule has 0 radical (unpaired) electrons. The van der Waals surface area contributed by atoms with Crippen LogP contribution in [-0.2, 0) is 11.3 Å². The number of carbonyl (C=O) groups is 1. The van der Waals surface area contributed by atoms with Crippen LogP contribution in [0.1, 0.15) is 18.5 Å². The first-order valence-electron chi connectivity index (χ1n) is 7.07. The Hall–Kier alpha value is -2.36. The topological polar surface area (TPSA) is 36.2 Å². The number of nitrogens with one attached hydrogen (secondary N) is 1. The summed E-state index contributed by atoms with van der Waals surface area (Å²) in [7, 11) is 3.99. The Bertz CT molecular complexity index is 579. The summed E-state index contributed by atoms with van der Waals surface area (Å²) in [4.78, 5) is 14.2. The van der Waals surface area contributed by atoms with Crippen molar-refractivity contribution >= 4 is 11.6 Å². The van der Waals surface area contributed by atoms with Crippen LogP contribution in [0.25, 0.3) is 0 Å². The Balaban J connectivity index is 1.95. The molecule has 110 valence electrons. The standard InChI is InChI=1S/C17H21N3O/c1-14(20-11-9-16(10-12-20)19(2)3)17(21)18-13-15-7-5-4-6-8-15/h4-12,14H,13H2,1-3H3/p+1/t14-/m1/s1. The molecule has 0 aliphatic rings. The van der Waals surface area contributed by atoms with Gasteiger partial charge in [0.1, 0.15) is 0 Å². The van der Waals surface area contributed by atoms with Crippen LogP contribution in [0.4, 0.5) is 5.69 Å². The van der Waals surface area contributed by atoms with E-state index >= 15 is 0 Å². The summed E-state index contributed by atoms with van der Waals surface area (Å²) < 4.78 is 1.91. The predicted octanol–water partition coefficient (Wildman–Crippen LogP) is 1.92. The fraction of sp³-hybridized carbons (Fsp3) is 0.294. The van der Waals surface area contributed by atoms with E-state index in [0.717, 1.165) is 11.3 Å². The van der Waals surface area contributed by atoms with E-state index < -0.39 is 0 Å². The summed E-state index contributed by atoms with van der Waals surface area (Å²) in [5.74, 6) is 0.0152. The van der Waals surface area contributed by atoms with Crippen molar-refractivity contribution in [2.45, 2.75) is 19.5 Å². The SMILES string of the molecule is C[C@H](C(=O)NCc1ccccc1)[n+]1ccc(N(C)C)cc1. The van der Waals surface area contributed by atoms with Gasteiger partial charge in [0.25, 0.3) is 5.91 Å². The van der Waals surface area contributed by atoms with Crippen molar-refractivity contribution in [3.8, 4) is 0 Å². The molecular formula is C17H22N3O+. The minimum absolute atomic E-state index is 0.0152. The van der Waals surface area contributed by atoms with Crippen LogP contribution in [0.3, 0.4) is 0 Å². The average molecular weight is 284 g/mol. The maximum Gasteiger partial charge on any atom is 0.289 e. The molecule has 1 atom stereocenters. The number of carbonyl (C=O) groups excluding carboxylic acids is 1. The summed E-state index contributed by atoms with van der Waals surface area (Å²) in [6.07, 6.45) is 3.87. The summed E-state index contributed by atoms with van der Waals surface area (Å²) in [5.41, 5.74) is 2.22. The third-order valence-corrected chi connectivity index (χ3v) is 3.49. The average Bonchev–Trinajstić information content (AvgIpc) is 2.53. The zero-order valence-electron chi connectivity index (χ0n) is 12.8. The van der Waals surface area contributed by atoms with Crippen LogP contribution in [0.2, 0.25) is 0 Å². The molecule has 4 nitrogen and oxygen atoms in total. The lowest BCUT2D eigenvalue weighted by Crippen LogP contribution is -2.46. The second kappa shape index (κ2) is 6.88. The van der Waals surface area contributed by atoms with Crippen molar-refractivity contribution in [3.05, 3.63) is 60.4 Å². The Morgan fingerprint density at radius 3 is 2.33 bits per heavy atom. The molecule has 1 heterocycles. The summed E-state index contributed by atoms with van der Waals surface area (Å²) in [6, 6.07) is 13.7. The number of nitrogens with zero attached hydrogens (tertiary/aromatic N) is 2.